The molecule has 0 aliphatic heterocycles. The van der Waals surface area contributed by atoms with E-state index >= 15 is 0 Å². The molecule has 0 heterocycles. The molecular weight excluding hydrogens is 174 g/mol. The van der Waals surface area contributed by atoms with Crippen molar-refractivity contribution in [2.45, 2.75) is 0 Å². The smallest absolute Gasteiger partial charge is 0.0781 e. The molecule has 0 fully saturated rings. The van der Waals surface area contributed by atoms with Gasteiger partial charge in [-0.25, -0.2) is 5.43 Å². The fraction of sp³-hybridized carbons (Fsp3) is 0.0909. The quantitative estimate of drug-likeness (QED) is 0.389. The van der Waals surface area contributed by atoms with Gasteiger partial charge in [-0.2, -0.15) is 0 Å². The predicted octanol–water partition coefficient (Wildman–Crippen LogP) is 1.67. The standard InChI is InChI=1S/C11H13N3/c12-14-8-13-11-7-3-5-9-4-1-2-6-10(9)11/h1-7,13-14H,8,12H2. The second kappa shape index (κ2) is 4.09. The van der Waals surface area contributed by atoms with Crippen LogP contribution in [-0.4, -0.2) is 6.67 Å². The highest BCUT2D eigenvalue weighted by Crippen LogP contribution is 2.22. The molecule has 2 rings (SSSR count). The summed E-state index contributed by atoms with van der Waals surface area (Å²) >= 11 is 0. The number of fused-ring (bicyclic) bond motifs is 1. The van der Waals surface area contributed by atoms with Gasteiger partial charge in [0, 0.05) is 11.1 Å². The lowest BCUT2D eigenvalue weighted by atomic mass is 10.1. The van der Waals surface area contributed by atoms with Crippen molar-refractivity contribution < 1.29 is 0 Å². The molecule has 2 aromatic rings. The molecule has 72 valence electrons. The molecule has 0 bridgehead atoms. The first-order chi connectivity index (χ1) is 6.92. The number of nitrogens with two attached hydrogens (primary N) is 1. The maximum Gasteiger partial charge on any atom is 0.0781 e. The third-order valence-electron chi connectivity index (χ3n) is 2.17. The molecule has 0 aromatic heterocycles. The van der Waals surface area contributed by atoms with E-state index in [-0.39, 0.29) is 0 Å². The van der Waals surface area contributed by atoms with Crippen molar-refractivity contribution in [1.82, 2.24) is 5.43 Å². The van der Waals surface area contributed by atoms with Crippen LogP contribution in [0.15, 0.2) is 42.5 Å². The van der Waals surface area contributed by atoms with Gasteiger partial charge in [-0.1, -0.05) is 36.4 Å². The van der Waals surface area contributed by atoms with Gasteiger partial charge in [0.1, 0.15) is 0 Å². The molecule has 0 aliphatic carbocycles. The number of hydrogen-bond acceptors (Lipinski definition) is 3. The van der Waals surface area contributed by atoms with E-state index in [1.54, 1.807) is 0 Å². The van der Waals surface area contributed by atoms with Crippen molar-refractivity contribution in [1.29, 1.82) is 0 Å². The topological polar surface area (TPSA) is 50.1 Å². The number of benzene rings is 2. The van der Waals surface area contributed by atoms with Gasteiger partial charge in [-0.05, 0) is 11.5 Å². The highest BCUT2D eigenvalue weighted by Gasteiger charge is 1.97. The van der Waals surface area contributed by atoms with Gasteiger partial charge in [-0.15, -0.1) is 0 Å². The Balaban J connectivity index is 2.43. The lowest BCUT2D eigenvalue weighted by Crippen LogP contribution is -2.28. The number of rotatable bonds is 3. The lowest BCUT2D eigenvalue weighted by Gasteiger charge is -2.08. The van der Waals surface area contributed by atoms with E-state index in [4.69, 9.17) is 5.84 Å². The maximum atomic E-state index is 5.21. The van der Waals surface area contributed by atoms with E-state index in [9.17, 15) is 0 Å². The van der Waals surface area contributed by atoms with E-state index < -0.39 is 0 Å². The molecule has 0 atom stereocenters. The molecule has 0 saturated heterocycles. The van der Waals surface area contributed by atoms with Gasteiger partial charge in [0.2, 0.25) is 0 Å². The number of hydrazine groups is 1. The molecule has 3 heteroatoms. The normalized spacial score (nSPS) is 10.4. The third kappa shape index (κ3) is 1.69. The van der Waals surface area contributed by atoms with Gasteiger partial charge in [-0.3, -0.25) is 5.84 Å². The Kier molecular flexibility index (Phi) is 2.62. The third-order valence-corrected chi connectivity index (χ3v) is 2.17. The molecule has 2 aromatic carbocycles. The van der Waals surface area contributed by atoms with Crippen molar-refractivity contribution >= 4 is 16.5 Å². The van der Waals surface area contributed by atoms with Crippen LogP contribution in [0.5, 0.6) is 0 Å². The molecule has 3 nitrogen and oxygen atoms in total. The summed E-state index contributed by atoms with van der Waals surface area (Å²) in [6.07, 6.45) is 0. The van der Waals surface area contributed by atoms with Crippen LogP contribution in [0.2, 0.25) is 0 Å². The van der Waals surface area contributed by atoms with Crippen molar-refractivity contribution in [2.75, 3.05) is 12.0 Å². The Morgan fingerprint density at radius 2 is 1.79 bits per heavy atom. The number of nitrogens with one attached hydrogen (secondary N) is 2. The van der Waals surface area contributed by atoms with Crippen molar-refractivity contribution in [3.05, 3.63) is 42.5 Å². The van der Waals surface area contributed by atoms with Crippen LogP contribution in [0.3, 0.4) is 0 Å². The van der Waals surface area contributed by atoms with Gasteiger partial charge in [0.25, 0.3) is 0 Å². The molecule has 4 N–H and O–H groups in total. The summed E-state index contributed by atoms with van der Waals surface area (Å²) in [7, 11) is 0. The first-order valence-electron chi connectivity index (χ1n) is 4.57. The summed E-state index contributed by atoms with van der Waals surface area (Å²) in [5.41, 5.74) is 3.67. The first-order valence-corrected chi connectivity index (χ1v) is 4.57. The zero-order chi connectivity index (χ0) is 9.80. The summed E-state index contributed by atoms with van der Waals surface area (Å²) in [4.78, 5) is 0. The van der Waals surface area contributed by atoms with Crippen LogP contribution >= 0.6 is 0 Å². The van der Waals surface area contributed by atoms with Gasteiger partial charge in [0.15, 0.2) is 0 Å². The molecule has 0 saturated carbocycles. The minimum Gasteiger partial charge on any atom is -0.371 e. The van der Waals surface area contributed by atoms with Gasteiger partial charge in [0.05, 0.1) is 6.67 Å². The van der Waals surface area contributed by atoms with Crippen molar-refractivity contribution in [2.24, 2.45) is 5.84 Å². The molecule has 0 spiro atoms. The summed E-state index contributed by atoms with van der Waals surface area (Å²) < 4.78 is 0. The summed E-state index contributed by atoms with van der Waals surface area (Å²) in [5.74, 6) is 5.21. The second-order valence-electron chi connectivity index (χ2n) is 3.08. The van der Waals surface area contributed by atoms with Crippen LogP contribution in [0.1, 0.15) is 0 Å². The molecule has 0 unspecified atom stereocenters. The van der Waals surface area contributed by atoms with E-state index in [1.807, 2.05) is 24.3 Å². The Labute approximate surface area is 82.9 Å². The molecule has 0 amide bonds. The molecule has 0 radical (unpaired) electrons. The van der Waals surface area contributed by atoms with E-state index in [1.165, 1.54) is 10.8 Å². The zero-order valence-corrected chi connectivity index (χ0v) is 7.83. The van der Waals surface area contributed by atoms with Crippen LogP contribution in [0.25, 0.3) is 10.8 Å². The average molecular weight is 187 g/mol. The first kappa shape index (κ1) is 8.99. The van der Waals surface area contributed by atoms with Crippen LogP contribution in [0.4, 0.5) is 5.69 Å². The second-order valence-corrected chi connectivity index (χ2v) is 3.08. The Bertz CT molecular complexity index is 420. The largest absolute Gasteiger partial charge is 0.371 e. The Morgan fingerprint density at radius 3 is 2.64 bits per heavy atom. The van der Waals surface area contributed by atoms with Gasteiger partial charge >= 0.3 is 0 Å². The number of anilines is 1. The predicted molar refractivity (Wildman–Crippen MR) is 59.8 cm³/mol. The monoisotopic (exact) mass is 187 g/mol. The highest BCUT2D eigenvalue weighted by atomic mass is 15.3. The maximum absolute atomic E-state index is 5.21. The Morgan fingerprint density at radius 1 is 1.00 bits per heavy atom. The highest BCUT2D eigenvalue weighted by molar-refractivity contribution is 5.93. The van der Waals surface area contributed by atoms with E-state index in [0.717, 1.165) is 5.69 Å². The minimum absolute atomic E-state index is 0.563. The average Bonchev–Trinajstić information content (AvgIpc) is 2.26. The van der Waals surface area contributed by atoms with Crippen LogP contribution in [0, 0.1) is 0 Å². The summed E-state index contributed by atoms with van der Waals surface area (Å²) in [6, 6.07) is 14.4. The van der Waals surface area contributed by atoms with Crippen molar-refractivity contribution in [3.8, 4) is 0 Å². The molecular formula is C11H13N3. The summed E-state index contributed by atoms with van der Waals surface area (Å²) in [5, 5.41) is 5.65. The van der Waals surface area contributed by atoms with Crippen LogP contribution in [-0.2, 0) is 0 Å². The zero-order valence-electron chi connectivity index (χ0n) is 7.83. The fourth-order valence-corrected chi connectivity index (χ4v) is 1.53. The molecule has 14 heavy (non-hydrogen) atoms. The SMILES string of the molecule is NNCNc1cccc2ccccc12. The lowest BCUT2D eigenvalue weighted by molar-refractivity contribution is 0.791. The van der Waals surface area contributed by atoms with Gasteiger partial charge < -0.3 is 5.32 Å². The number of hydrogen-bond donors (Lipinski definition) is 3. The van der Waals surface area contributed by atoms with E-state index in [2.05, 4.69) is 28.9 Å². The Hall–Kier alpha value is -1.58. The van der Waals surface area contributed by atoms with Crippen LogP contribution < -0.4 is 16.6 Å². The van der Waals surface area contributed by atoms with Crippen molar-refractivity contribution in [3.63, 3.8) is 0 Å². The summed E-state index contributed by atoms with van der Waals surface area (Å²) in [6.45, 7) is 0.563. The fourth-order valence-electron chi connectivity index (χ4n) is 1.53. The van der Waals surface area contributed by atoms with E-state index in [0.29, 0.717) is 6.67 Å². The minimum atomic E-state index is 0.563. The molecule has 0 aliphatic rings.